The molecule has 0 atom stereocenters. The second-order valence-corrected chi connectivity index (χ2v) is 7.28. The van der Waals surface area contributed by atoms with Crippen LogP contribution >= 0.6 is 23.2 Å². The van der Waals surface area contributed by atoms with Crippen LogP contribution in [-0.4, -0.2) is 46.0 Å². The van der Waals surface area contributed by atoms with Gasteiger partial charge in [0.15, 0.2) is 0 Å². The van der Waals surface area contributed by atoms with Crippen LogP contribution in [0.15, 0.2) is 42.6 Å². The fraction of sp³-hybridized carbons (Fsp3) is 0.250. The number of aliphatic carboxylic acids is 1. The minimum atomic E-state index is -1.03. The Morgan fingerprint density at radius 3 is 2.54 bits per heavy atom. The van der Waals surface area contributed by atoms with Crippen molar-refractivity contribution in [3.05, 3.63) is 63.8 Å². The van der Waals surface area contributed by atoms with Crippen LogP contribution in [0.2, 0.25) is 10.0 Å². The van der Waals surface area contributed by atoms with Crippen LogP contribution in [0.25, 0.3) is 6.08 Å². The van der Waals surface area contributed by atoms with Crippen molar-refractivity contribution in [2.75, 3.05) is 18.4 Å². The third-order valence-corrected chi connectivity index (χ3v) is 5.13. The Labute approximate surface area is 172 Å². The SMILES string of the molecule is O=C(O)/C=C/c1cnc(NC2CCN(C(=O)c3ccccc3Cl)CC2)c(Cl)c1. The average Bonchev–Trinajstić information content (AvgIpc) is 2.68. The first-order valence-electron chi connectivity index (χ1n) is 8.81. The van der Waals surface area contributed by atoms with E-state index in [1.54, 1.807) is 41.4 Å². The maximum atomic E-state index is 12.6. The molecule has 1 aromatic heterocycles. The van der Waals surface area contributed by atoms with Crippen molar-refractivity contribution >= 4 is 47.0 Å². The zero-order valence-corrected chi connectivity index (χ0v) is 16.5. The number of benzene rings is 1. The van der Waals surface area contributed by atoms with Gasteiger partial charge in [-0.25, -0.2) is 9.78 Å². The summed E-state index contributed by atoms with van der Waals surface area (Å²) >= 11 is 12.4. The lowest BCUT2D eigenvalue weighted by Gasteiger charge is -2.33. The van der Waals surface area contributed by atoms with Gasteiger partial charge in [-0.2, -0.15) is 0 Å². The average molecular weight is 420 g/mol. The highest BCUT2D eigenvalue weighted by Crippen LogP contribution is 2.25. The normalized spacial score (nSPS) is 15.0. The molecular weight excluding hydrogens is 401 g/mol. The van der Waals surface area contributed by atoms with E-state index >= 15 is 0 Å². The van der Waals surface area contributed by atoms with Gasteiger partial charge in [-0.05, 0) is 42.7 Å². The van der Waals surface area contributed by atoms with E-state index in [-0.39, 0.29) is 11.9 Å². The molecule has 0 radical (unpaired) electrons. The number of aromatic nitrogens is 1. The summed E-state index contributed by atoms with van der Waals surface area (Å²) < 4.78 is 0. The maximum absolute atomic E-state index is 12.6. The summed E-state index contributed by atoms with van der Waals surface area (Å²) in [4.78, 5) is 29.3. The Hall–Kier alpha value is -2.57. The number of carboxylic acids is 1. The Balaban J connectivity index is 1.58. The number of pyridine rings is 1. The maximum Gasteiger partial charge on any atom is 0.328 e. The number of likely N-dealkylation sites (tertiary alicyclic amines) is 1. The highest BCUT2D eigenvalue weighted by Gasteiger charge is 2.25. The molecule has 1 fully saturated rings. The van der Waals surface area contributed by atoms with Gasteiger partial charge in [-0.1, -0.05) is 35.3 Å². The second kappa shape index (κ2) is 9.08. The summed E-state index contributed by atoms with van der Waals surface area (Å²) in [7, 11) is 0. The van der Waals surface area contributed by atoms with E-state index in [1.165, 1.54) is 6.08 Å². The van der Waals surface area contributed by atoms with Crippen LogP contribution in [-0.2, 0) is 4.79 Å². The molecule has 28 heavy (non-hydrogen) atoms. The minimum Gasteiger partial charge on any atom is -0.478 e. The summed E-state index contributed by atoms with van der Waals surface area (Å²) in [5, 5.41) is 12.9. The van der Waals surface area contributed by atoms with Gasteiger partial charge in [-0.15, -0.1) is 0 Å². The number of hydrogen-bond acceptors (Lipinski definition) is 4. The summed E-state index contributed by atoms with van der Waals surface area (Å²) in [6.45, 7) is 1.22. The predicted octanol–water partition coefficient (Wildman–Crippen LogP) is 4.20. The fourth-order valence-electron chi connectivity index (χ4n) is 3.04. The van der Waals surface area contributed by atoms with E-state index in [2.05, 4.69) is 10.3 Å². The standard InChI is InChI=1S/C20H19Cl2N3O3/c21-16-4-2-1-3-15(16)20(28)25-9-7-14(8-10-25)24-19-17(22)11-13(12-23-19)5-6-18(26)27/h1-6,11-12,14H,7-10H2,(H,23,24)(H,26,27)/b6-5+. The summed E-state index contributed by atoms with van der Waals surface area (Å²) in [5.41, 5.74) is 1.13. The van der Waals surface area contributed by atoms with Gasteiger partial charge in [0.2, 0.25) is 0 Å². The fourth-order valence-corrected chi connectivity index (χ4v) is 3.49. The molecule has 2 N–H and O–H groups in total. The lowest BCUT2D eigenvalue weighted by molar-refractivity contribution is -0.131. The van der Waals surface area contributed by atoms with E-state index in [1.807, 2.05) is 0 Å². The zero-order chi connectivity index (χ0) is 20.1. The number of piperidine rings is 1. The monoisotopic (exact) mass is 419 g/mol. The number of nitrogens with one attached hydrogen (secondary N) is 1. The molecule has 1 amide bonds. The van der Waals surface area contributed by atoms with Crippen molar-refractivity contribution in [1.82, 2.24) is 9.88 Å². The van der Waals surface area contributed by atoms with E-state index in [9.17, 15) is 9.59 Å². The number of rotatable bonds is 5. The van der Waals surface area contributed by atoms with Gasteiger partial charge in [0.05, 0.1) is 15.6 Å². The van der Waals surface area contributed by atoms with Crippen molar-refractivity contribution < 1.29 is 14.7 Å². The smallest absolute Gasteiger partial charge is 0.328 e. The molecule has 1 aromatic carbocycles. The molecule has 1 saturated heterocycles. The van der Waals surface area contributed by atoms with E-state index in [4.69, 9.17) is 28.3 Å². The lowest BCUT2D eigenvalue weighted by Crippen LogP contribution is -2.42. The third kappa shape index (κ3) is 5.03. The van der Waals surface area contributed by atoms with Gasteiger partial charge < -0.3 is 15.3 Å². The topological polar surface area (TPSA) is 82.5 Å². The van der Waals surface area contributed by atoms with Crippen LogP contribution in [0.4, 0.5) is 5.82 Å². The van der Waals surface area contributed by atoms with Gasteiger partial charge >= 0.3 is 5.97 Å². The van der Waals surface area contributed by atoms with Gasteiger partial charge in [0.1, 0.15) is 5.82 Å². The van der Waals surface area contributed by atoms with E-state index < -0.39 is 5.97 Å². The first-order valence-corrected chi connectivity index (χ1v) is 9.56. The quantitative estimate of drug-likeness (QED) is 0.709. The molecule has 0 aliphatic carbocycles. The van der Waals surface area contributed by atoms with E-state index in [0.29, 0.717) is 40.1 Å². The highest BCUT2D eigenvalue weighted by atomic mass is 35.5. The molecule has 0 unspecified atom stereocenters. The molecule has 1 aliphatic heterocycles. The molecule has 6 nitrogen and oxygen atoms in total. The minimum absolute atomic E-state index is 0.0604. The summed E-state index contributed by atoms with van der Waals surface area (Å²) in [5.74, 6) is -0.545. The Morgan fingerprint density at radius 2 is 1.89 bits per heavy atom. The van der Waals surface area contributed by atoms with Gasteiger partial charge in [0, 0.05) is 31.4 Å². The lowest BCUT2D eigenvalue weighted by atomic mass is 10.0. The third-order valence-electron chi connectivity index (χ3n) is 4.51. The Morgan fingerprint density at radius 1 is 1.18 bits per heavy atom. The van der Waals surface area contributed by atoms with Crippen molar-refractivity contribution in [1.29, 1.82) is 0 Å². The van der Waals surface area contributed by atoms with Crippen LogP contribution in [0.1, 0.15) is 28.8 Å². The highest BCUT2D eigenvalue weighted by molar-refractivity contribution is 6.34. The molecule has 8 heteroatoms. The molecule has 2 aromatic rings. The molecule has 0 bridgehead atoms. The number of hydrogen-bond donors (Lipinski definition) is 2. The van der Waals surface area contributed by atoms with Crippen molar-refractivity contribution in [2.45, 2.75) is 18.9 Å². The molecule has 2 heterocycles. The Kier molecular flexibility index (Phi) is 6.54. The number of halogens is 2. The molecule has 1 aliphatic rings. The first-order chi connectivity index (χ1) is 13.4. The summed E-state index contributed by atoms with van der Waals surface area (Å²) in [6, 6.07) is 8.85. The van der Waals surface area contributed by atoms with Crippen molar-refractivity contribution in [2.24, 2.45) is 0 Å². The number of anilines is 1. The van der Waals surface area contributed by atoms with Crippen LogP contribution < -0.4 is 5.32 Å². The first kappa shape index (κ1) is 20.2. The second-order valence-electron chi connectivity index (χ2n) is 6.46. The molecular formula is C20H19Cl2N3O3. The predicted molar refractivity (Wildman–Crippen MR) is 110 cm³/mol. The molecule has 3 rings (SSSR count). The molecule has 0 spiro atoms. The van der Waals surface area contributed by atoms with Crippen molar-refractivity contribution in [3.8, 4) is 0 Å². The van der Waals surface area contributed by atoms with Gasteiger partial charge in [-0.3, -0.25) is 4.79 Å². The number of carboxylic acid groups (broad SMARTS) is 1. The number of carbonyl (C=O) groups excluding carboxylic acids is 1. The molecule has 146 valence electrons. The number of amides is 1. The van der Waals surface area contributed by atoms with E-state index in [0.717, 1.165) is 18.9 Å². The largest absolute Gasteiger partial charge is 0.478 e. The van der Waals surface area contributed by atoms with Crippen LogP contribution in [0.3, 0.4) is 0 Å². The number of nitrogens with zero attached hydrogens (tertiary/aromatic N) is 2. The number of carbonyl (C=O) groups is 2. The van der Waals surface area contributed by atoms with Crippen LogP contribution in [0.5, 0.6) is 0 Å². The van der Waals surface area contributed by atoms with Crippen LogP contribution in [0, 0.1) is 0 Å². The summed E-state index contributed by atoms with van der Waals surface area (Å²) in [6.07, 6.45) is 5.55. The zero-order valence-electron chi connectivity index (χ0n) is 14.9. The Bertz CT molecular complexity index is 909. The van der Waals surface area contributed by atoms with Crippen molar-refractivity contribution in [3.63, 3.8) is 0 Å². The van der Waals surface area contributed by atoms with Gasteiger partial charge in [0.25, 0.3) is 5.91 Å². The molecule has 0 saturated carbocycles.